The first kappa shape index (κ1) is 29.2. The van der Waals surface area contributed by atoms with Gasteiger partial charge in [0.05, 0.1) is 34.9 Å². The minimum Gasteiger partial charge on any atom is -0.493 e. The number of thioether (sulfide) groups is 1. The first-order valence-corrected chi connectivity index (χ1v) is 14.9. The molecule has 0 bridgehead atoms. The smallest absolute Gasteiger partial charge is 0.266 e. The minimum absolute atomic E-state index is 0.201. The predicted octanol–water partition coefficient (Wildman–Crippen LogP) is 7.06. The summed E-state index contributed by atoms with van der Waals surface area (Å²) in [7, 11) is 1.50. The Balaban J connectivity index is 1.18. The molecular weight excluding hydrogens is 625 g/mol. The lowest BCUT2D eigenvalue weighted by atomic mass is 10.1. The van der Waals surface area contributed by atoms with Crippen molar-refractivity contribution >= 4 is 85.9 Å². The number of hydrogen-bond donors (Lipinski definition) is 1. The van der Waals surface area contributed by atoms with Crippen LogP contribution in [0, 0.1) is 0 Å². The van der Waals surface area contributed by atoms with Gasteiger partial charge in [0.25, 0.3) is 11.8 Å². The van der Waals surface area contributed by atoms with Gasteiger partial charge in [-0.25, -0.2) is 4.98 Å². The number of thiocarbonyl (C=S) groups is 1. The zero-order chi connectivity index (χ0) is 28.9. The van der Waals surface area contributed by atoms with Gasteiger partial charge in [-0.2, -0.15) is 0 Å². The molecule has 4 aromatic rings. The monoisotopic (exact) mass is 645 g/mol. The van der Waals surface area contributed by atoms with Crippen molar-refractivity contribution in [1.29, 1.82) is 0 Å². The van der Waals surface area contributed by atoms with Gasteiger partial charge in [-0.3, -0.25) is 19.8 Å². The summed E-state index contributed by atoms with van der Waals surface area (Å²) in [5.41, 5.74) is 1.59. The SMILES string of the molecule is COc1cc(/C=C2\SC(=S)N(Cc3ccco3)C2=O)ccc1OCC(=O)Nc1ncc(Cc2cccc(Cl)c2Cl)s1. The molecule has 210 valence electrons. The number of nitrogens with zero attached hydrogens (tertiary/aromatic N) is 2. The molecule has 0 unspecified atom stereocenters. The van der Waals surface area contributed by atoms with Gasteiger partial charge in [-0.1, -0.05) is 65.4 Å². The molecule has 2 aromatic heterocycles. The van der Waals surface area contributed by atoms with Crippen LogP contribution >= 0.6 is 58.5 Å². The van der Waals surface area contributed by atoms with Crippen molar-refractivity contribution in [3.8, 4) is 11.5 Å². The fraction of sp³-hybridized carbons (Fsp3) is 0.143. The Morgan fingerprint density at radius 2 is 2.05 bits per heavy atom. The van der Waals surface area contributed by atoms with Crippen LogP contribution in [0.4, 0.5) is 5.13 Å². The summed E-state index contributed by atoms with van der Waals surface area (Å²) >= 11 is 20.3. The molecule has 1 saturated heterocycles. The lowest BCUT2D eigenvalue weighted by Gasteiger charge is -2.12. The highest BCUT2D eigenvalue weighted by atomic mass is 35.5. The third kappa shape index (κ3) is 7.11. The molecule has 2 aromatic carbocycles. The first-order valence-electron chi connectivity index (χ1n) is 12.1. The average Bonchev–Trinajstić information content (AvgIpc) is 3.69. The molecule has 0 atom stereocenters. The van der Waals surface area contributed by atoms with Crippen LogP contribution in [0.25, 0.3) is 6.08 Å². The third-order valence-corrected chi connectivity index (χ3v) is 8.96. The zero-order valence-corrected chi connectivity index (χ0v) is 25.3. The molecule has 3 heterocycles. The zero-order valence-electron chi connectivity index (χ0n) is 21.4. The second-order valence-corrected chi connectivity index (χ2v) is 12.2. The van der Waals surface area contributed by atoms with Gasteiger partial charge >= 0.3 is 0 Å². The number of methoxy groups -OCH3 is 1. The summed E-state index contributed by atoms with van der Waals surface area (Å²) in [6.45, 7) is 0.0158. The van der Waals surface area contributed by atoms with Gasteiger partial charge < -0.3 is 13.9 Å². The molecule has 13 heteroatoms. The fourth-order valence-electron chi connectivity index (χ4n) is 3.86. The van der Waals surface area contributed by atoms with E-state index in [4.69, 9.17) is 49.3 Å². The first-order chi connectivity index (χ1) is 19.8. The minimum atomic E-state index is -0.377. The summed E-state index contributed by atoms with van der Waals surface area (Å²) < 4.78 is 17.0. The molecule has 1 N–H and O–H groups in total. The summed E-state index contributed by atoms with van der Waals surface area (Å²) in [5, 5.41) is 4.17. The number of ether oxygens (including phenoxy) is 2. The normalized spacial score (nSPS) is 14.1. The number of nitrogens with one attached hydrogen (secondary N) is 1. The number of benzene rings is 2. The maximum absolute atomic E-state index is 12.9. The summed E-state index contributed by atoms with van der Waals surface area (Å²) in [4.78, 5) is 32.6. The van der Waals surface area contributed by atoms with Crippen LogP contribution in [-0.4, -0.2) is 39.7 Å². The van der Waals surface area contributed by atoms with E-state index in [2.05, 4.69) is 10.3 Å². The number of hydrogen-bond acceptors (Lipinski definition) is 9. The molecule has 1 aliphatic rings. The highest BCUT2D eigenvalue weighted by molar-refractivity contribution is 8.26. The number of carbonyl (C=O) groups is 2. The maximum atomic E-state index is 12.9. The molecule has 41 heavy (non-hydrogen) atoms. The van der Waals surface area contributed by atoms with E-state index < -0.39 is 0 Å². The molecule has 0 saturated carbocycles. The number of thiazole rings is 1. The largest absolute Gasteiger partial charge is 0.493 e. The number of aromatic nitrogens is 1. The standard InChI is InChI=1S/C28H21Cl2N3O5S3/c1-36-22-10-16(11-23-26(35)33(28(39)41-23)14-18-5-3-9-37-18)7-8-21(22)38-15-24(34)32-27-31-13-19(40-27)12-17-4-2-6-20(29)25(17)30/h2-11,13H,12,14-15H2,1H3,(H,31,32,34)/b23-11-. The van der Waals surface area contributed by atoms with Gasteiger partial charge in [0.15, 0.2) is 23.2 Å². The molecule has 5 rings (SSSR count). The average molecular weight is 647 g/mol. The molecule has 8 nitrogen and oxygen atoms in total. The summed E-state index contributed by atoms with van der Waals surface area (Å²) in [5.74, 6) is 0.854. The molecule has 1 aliphatic heterocycles. The van der Waals surface area contributed by atoms with Gasteiger partial charge in [0, 0.05) is 17.5 Å². The molecule has 0 radical (unpaired) electrons. The topological polar surface area (TPSA) is 93.9 Å². The number of anilines is 1. The third-order valence-electron chi connectivity index (χ3n) is 5.81. The lowest BCUT2D eigenvalue weighted by molar-refractivity contribution is -0.122. The Hall–Kier alpha value is -3.35. The van der Waals surface area contributed by atoms with Crippen LogP contribution in [0.5, 0.6) is 11.5 Å². The Kier molecular flexibility index (Phi) is 9.31. The van der Waals surface area contributed by atoms with Crippen molar-refractivity contribution in [2.75, 3.05) is 19.0 Å². The van der Waals surface area contributed by atoms with E-state index in [1.807, 2.05) is 12.1 Å². The van der Waals surface area contributed by atoms with Crippen molar-refractivity contribution in [2.24, 2.45) is 0 Å². The van der Waals surface area contributed by atoms with Crippen LogP contribution in [0.1, 0.15) is 21.8 Å². The number of rotatable bonds is 10. The number of amides is 2. The highest BCUT2D eigenvalue weighted by Crippen LogP contribution is 2.36. The highest BCUT2D eigenvalue weighted by Gasteiger charge is 2.32. The summed E-state index contributed by atoms with van der Waals surface area (Å²) in [6.07, 6.45) is 5.51. The molecule has 2 amide bonds. The van der Waals surface area contributed by atoms with Crippen molar-refractivity contribution < 1.29 is 23.5 Å². The predicted molar refractivity (Wildman–Crippen MR) is 166 cm³/mol. The molecule has 0 aliphatic carbocycles. The molecular formula is C28H21Cl2N3O5S3. The van der Waals surface area contributed by atoms with Crippen LogP contribution in [-0.2, 0) is 22.6 Å². The van der Waals surface area contributed by atoms with Crippen LogP contribution in [0.2, 0.25) is 10.0 Å². The van der Waals surface area contributed by atoms with Crippen molar-refractivity contribution in [1.82, 2.24) is 9.88 Å². The summed E-state index contributed by atoms with van der Waals surface area (Å²) in [6, 6.07) is 14.2. The number of carbonyl (C=O) groups excluding carboxylic acids is 2. The number of furan rings is 1. The molecule has 1 fully saturated rings. The van der Waals surface area contributed by atoms with Crippen LogP contribution in [0.15, 0.2) is 70.3 Å². The van der Waals surface area contributed by atoms with E-state index in [0.717, 1.165) is 10.4 Å². The Bertz CT molecular complexity index is 1640. The van der Waals surface area contributed by atoms with Crippen LogP contribution < -0.4 is 14.8 Å². The second-order valence-electron chi connectivity index (χ2n) is 8.62. The Morgan fingerprint density at radius 1 is 1.20 bits per heavy atom. The van der Waals surface area contributed by atoms with Gasteiger partial charge in [0.2, 0.25) is 0 Å². The van der Waals surface area contributed by atoms with E-state index in [9.17, 15) is 9.59 Å². The van der Waals surface area contributed by atoms with E-state index in [1.54, 1.807) is 54.9 Å². The van der Waals surface area contributed by atoms with Gasteiger partial charge in [-0.05, 0) is 47.5 Å². The van der Waals surface area contributed by atoms with E-state index in [1.165, 1.54) is 35.1 Å². The fourth-order valence-corrected chi connectivity index (χ4v) is 6.35. The lowest BCUT2D eigenvalue weighted by Crippen LogP contribution is -2.27. The maximum Gasteiger partial charge on any atom is 0.266 e. The van der Waals surface area contributed by atoms with Crippen molar-refractivity contribution in [3.63, 3.8) is 0 Å². The number of halogens is 2. The van der Waals surface area contributed by atoms with Crippen molar-refractivity contribution in [2.45, 2.75) is 13.0 Å². The van der Waals surface area contributed by atoms with Crippen LogP contribution in [0.3, 0.4) is 0 Å². The Labute approximate surface area is 259 Å². The quantitative estimate of drug-likeness (QED) is 0.145. The van der Waals surface area contributed by atoms with Gasteiger partial charge in [0.1, 0.15) is 10.1 Å². The Morgan fingerprint density at radius 3 is 2.83 bits per heavy atom. The second kappa shape index (κ2) is 13.1. The van der Waals surface area contributed by atoms with E-state index in [-0.39, 0.29) is 25.0 Å². The molecule has 0 spiro atoms. The van der Waals surface area contributed by atoms with E-state index >= 15 is 0 Å². The van der Waals surface area contributed by atoms with E-state index in [0.29, 0.717) is 53.6 Å². The van der Waals surface area contributed by atoms with Crippen molar-refractivity contribution in [3.05, 3.63) is 97.7 Å². The van der Waals surface area contributed by atoms with Gasteiger partial charge in [-0.15, -0.1) is 11.3 Å².